The molecule has 6 nitrogen and oxygen atoms in total. The minimum atomic E-state index is -0.776. The maximum atomic E-state index is 12.7. The Morgan fingerprint density at radius 3 is 1.02 bits per heavy atom. The van der Waals surface area contributed by atoms with Crippen molar-refractivity contribution in [2.24, 2.45) is 0 Å². The Kier molecular flexibility index (Phi) is 43.4. The van der Waals surface area contributed by atoms with E-state index in [-0.39, 0.29) is 31.1 Å². The molecular formula is C50H90O6. The van der Waals surface area contributed by atoms with Crippen molar-refractivity contribution >= 4 is 17.9 Å². The molecule has 0 aromatic rings. The maximum Gasteiger partial charge on any atom is 0.306 e. The molecule has 0 aliphatic rings. The summed E-state index contributed by atoms with van der Waals surface area (Å²) in [5.74, 6) is -0.902. The van der Waals surface area contributed by atoms with Crippen molar-refractivity contribution in [3.05, 3.63) is 36.5 Å². The minimum Gasteiger partial charge on any atom is -0.462 e. The average molecular weight is 787 g/mol. The number of esters is 3. The molecule has 56 heavy (non-hydrogen) atoms. The molecule has 0 N–H and O–H groups in total. The molecule has 0 amide bonds. The van der Waals surface area contributed by atoms with Gasteiger partial charge in [0.05, 0.1) is 0 Å². The van der Waals surface area contributed by atoms with Gasteiger partial charge in [0.25, 0.3) is 0 Å². The van der Waals surface area contributed by atoms with Crippen molar-refractivity contribution < 1.29 is 28.6 Å². The van der Waals surface area contributed by atoms with Gasteiger partial charge in [-0.3, -0.25) is 14.4 Å². The summed E-state index contributed by atoms with van der Waals surface area (Å²) in [6.07, 6.45) is 51.3. The first kappa shape index (κ1) is 53.6. The van der Waals surface area contributed by atoms with E-state index in [4.69, 9.17) is 14.2 Å². The molecule has 326 valence electrons. The molecule has 0 heterocycles. The van der Waals surface area contributed by atoms with Crippen LogP contribution in [0.15, 0.2) is 36.5 Å². The molecule has 0 aliphatic carbocycles. The van der Waals surface area contributed by atoms with E-state index in [0.29, 0.717) is 19.3 Å². The summed E-state index contributed by atoms with van der Waals surface area (Å²) < 4.78 is 16.7. The lowest BCUT2D eigenvalue weighted by Crippen LogP contribution is -2.30. The van der Waals surface area contributed by atoms with Crippen LogP contribution in [0.5, 0.6) is 0 Å². The van der Waals surface area contributed by atoms with E-state index in [1.54, 1.807) is 0 Å². The topological polar surface area (TPSA) is 78.9 Å². The quantitative estimate of drug-likeness (QED) is 0.0265. The molecule has 0 bridgehead atoms. The number of ether oxygens (including phenoxy) is 3. The van der Waals surface area contributed by atoms with E-state index < -0.39 is 6.10 Å². The van der Waals surface area contributed by atoms with Gasteiger partial charge in [-0.05, 0) is 77.0 Å². The highest BCUT2D eigenvalue weighted by atomic mass is 16.6. The van der Waals surface area contributed by atoms with Gasteiger partial charge in [-0.15, -0.1) is 0 Å². The van der Waals surface area contributed by atoms with Gasteiger partial charge in [-0.25, -0.2) is 0 Å². The molecule has 0 spiro atoms. The van der Waals surface area contributed by atoms with Crippen LogP contribution in [0.25, 0.3) is 0 Å². The standard InChI is InChI=1S/C50H90O6/c1-4-7-10-13-16-19-21-23-25-26-28-29-31-34-37-40-43-49(52)55-46-47(45-54-48(51)42-39-36-33-18-15-12-9-6-3)56-50(53)44-41-38-35-32-30-27-24-22-20-17-14-11-8-5-2/h19,21-22,24-26,47H,4-18,20,23,27-46H2,1-3H3/b21-19-,24-22-,26-25-. The zero-order valence-electron chi connectivity index (χ0n) is 37.2. The second kappa shape index (κ2) is 45.3. The van der Waals surface area contributed by atoms with E-state index in [1.165, 1.54) is 116 Å². The third-order valence-corrected chi connectivity index (χ3v) is 10.4. The van der Waals surface area contributed by atoms with Crippen LogP contribution in [0.3, 0.4) is 0 Å². The molecular weight excluding hydrogens is 697 g/mol. The van der Waals surface area contributed by atoms with E-state index in [0.717, 1.165) is 89.9 Å². The first-order chi connectivity index (χ1) is 27.5. The molecule has 0 saturated heterocycles. The monoisotopic (exact) mass is 787 g/mol. The van der Waals surface area contributed by atoms with Gasteiger partial charge >= 0.3 is 17.9 Å². The first-order valence-corrected chi connectivity index (χ1v) is 24.0. The molecule has 6 heteroatoms. The minimum absolute atomic E-state index is 0.0785. The molecule has 0 saturated carbocycles. The summed E-state index contributed by atoms with van der Waals surface area (Å²) in [6, 6.07) is 0. The molecule has 0 aromatic heterocycles. The number of rotatable bonds is 43. The third-order valence-electron chi connectivity index (χ3n) is 10.4. The van der Waals surface area contributed by atoms with E-state index >= 15 is 0 Å². The van der Waals surface area contributed by atoms with E-state index in [2.05, 4.69) is 57.2 Å². The van der Waals surface area contributed by atoms with Crippen LogP contribution in [-0.2, 0) is 28.6 Å². The van der Waals surface area contributed by atoms with Crippen LogP contribution in [0, 0.1) is 0 Å². The van der Waals surface area contributed by atoms with E-state index in [9.17, 15) is 14.4 Å². The summed E-state index contributed by atoms with van der Waals surface area (Å²) >= 11 is 0. The Morgan fingerprint density at radius 1 is 0.357 bits per heavy atom. The van der Waals surface area contributed by atoms with Gasteiger partial charge in [0.15, 0.2) is 6.10 Å². The fourth-order valence-electron chi connectivity index (χ4n) is 6.70. The van der Waals surface area contributed by atoms with Crippen molar-refractivity contribution in [1.82, 2.24) is 0 Å². The van der Waals surface area contributed by atoms with Crippen LogP contribution < -0.4 is 0 Å². The number of hydrogen-bond donors (Lipinski definition) is 0. The normalized spacial score (nSPS) is 12.3. The van der Waals surface area contributed by atoms with Crippen LogP contribution in [0.1, 0.15) is 245 Å². The lowest BCUT2D eigenvalue weighted by molar-refractivity contribution is -0.167. The van der Waals surface area contributed by atoms with Crippen molar-refractivity contribution in [2.45, 2.75) is 252 Å². The van der Waals surface area contributed by atoms with Crippen LogP contribution in [0.4, 0.5) is 0 Å². The van der Waals surface area contributed by atoms with Gasteiger partial charge in [0.1, 0.15) is 13.2 Å². The zero-order valence-corrected chi connectivity index (χ0v) is 37.2. The average Bonchev–Trinajstić information content (AvgIpc) is 3.19. The molecule has 0 aromatic carbocycles. The van der Waals surface area contributed by atoms with Crippen molar-refractivity contribution in [1.29, 1.82) is 0 Å². The van der Waals surface area contributed by atoms with Crippen LogP contribution >= 0.6 is 0 Å². The molecule has 0 radical (unpaired) electrons. The number of carbonyl (C=O) groups is 3. The first-order valence-electron chi connectivity index (χ1n) is 24.0. The maximum absolute atomic E-state index is 12.7. The summed E-state index contributed by atoms with van der Waals surface area (Å²) in [5, 5.41) is 0. The van der Waals surface area contributed by atoms with Gasteiger partial charge in [0, 0.05) is 19.3 Å². The Morgan fingerprint density at radius 2 is 0.643 bits per heavy atom. The predicted octanol–water partition coefficient (Wildman–Crippen LogP) is 15.4. The molecule has 1 atom stereocenters. The summed E-state index contributed by atoms with van der Waals surface area (Å²) in [4.78, 5) is 37.7. The zero-order chi connectivity index (χ0) is 40.8. The van der Waals surface area contributed by atoms with Crippen LogP contribution in [-0.4, -0.2) is 37.2 Å². The Labute approximate surface area is 346 Å². The highest BCUT2D eigenvalue weighted by molar-refractivity contribution is 5.71. The molecule has 0 fully saturated rings. The SMILES string of the molecule is CCCCCC/C=C\C/C=C\CCCCCCCC(=O)OCC(COC(=O)CCCCCCCCCC)OC(=O)CCCCCCC/C=C\CCCCCCC. The molecule has 0 aliphatic heterocycles. The van der Waals surface area contributed by atoms with Crippen molar-refractivity contribution in [2.75, 3.05) is 13.2 Å². The van der Waals surface area contributed by atoms with Gasteiger partial charge in [0.2, 0.25) is 0 Å². The van der Waals surface area contributed by atoms with Crippen LogP contribution in [0.2, 0.25) is 0 Å². The molecule has 1 unspecified atom stereocenters. The Hall–Kier alpha value is -2.37. The summed E-state index contributed by atoms with van der Waals surface area (Å²) in [6.45, 7) is 6.56. The van der Waals surface area contributed by atoms with E-state index in [1.807, 2.05) is 0 Å². The lowest BCUT2D eigenvalue weighted by Gasteiger charge is -2.18. The van der Waals surface area contributed by atoms with Crippen molar-refractivity contribution in [3.8, 4) is 0 Å². The smallest absolute Gasteiger partial charge is 0.306 e. The third kappa shape index (κ3) is 42.8. The number of unbranched alkanes of at least 4 members (excludes halogenated alkanes) is 26. The fourth-order valence-corrected chi connectivity index (χ4v) is 6.70. The molecule has 0 rings (SSSR count). The number of carbonyl (C=O) groups excluding carboxylic acids is 3. The van der Waals surface area contributed by atoms with Crippen molar-refractivity contribution in [3.63, 3.8) is 0 Å². The van der Waals surface area contributed by atoms with Gasteiger partial charge in [-0.1, -0.05) is 186 Å². The lowest BCUT2D eigenvalue weighted by atomic mass is 10.1. The predicted molar refractivity (Wildman–Crippen MR) is 238 cm³/mol. The number of allylic oxidation sites excluding steroid dienone is 6. The highest BCUT2D eigenvalue weighted by Gasteiger charge is 2.19. The summed E-state index contributed by atoms with van der Waals surface area (Å²) in [7, 11) is 0. The Balaban J connectivity index is 4.34. The van der Waals surface area contributed by atoms with Gasteiger partial charge in [-0.2, -0.15) is 0 Å². The fraction of sp³-hybridized carbons (Fsp3) is 0.820. The largest absolute Gasteiger partial charge is 0.462 e. The highest BCUT2D eigenvalue weighted by Crippen LogP contribution is 2.14. The number of hydrogen-bond acceptors (Lipinski definition) is 6. The summed E-state index contributed by atoms with van der Waals surface area (Å²) in [5.41, 5.74) is 0. The van der Waals surface area contributed by atoms with Gasteiger partial charge < -0.3 is 14.2 Å². The Bertz CT molecular complexity index is 953. The second-order valence-electron chi connectivity index (χ2n) is 16.0. The second-order valence-corrected chi connectivity index (χ2v) is 16.0.